The van der Waals surface area contributed by atoms with Crippen molar-refractivity contribution in [3.8, 4) is 0 Å². The Balaban J connectivity index is 2.01. The average molecular weight is 339 g/mol. The summed E-state index contributed by atoms with van der Waals surface area (Å²) >= 11 is 6.79. The molecule has 2 aliphatic carbocycles. The summed E-state index contributed by atoms with van der Waals surface area (Å²) in [6.07, 6.45) is 2.84. The number of rotatable bonds is 1. The maximum atomic E-state index is 7.94. The highest BCUT2D eigenvalue weighted by Gasteiger charge is 2.63. The van der Waals surface area contributed by atoms with Gasteiger partial charge in [-0.25, -0.2) is 6.57 Å². The number of hydrogen-bond donors (Lipinski definition) is 1. The molecule has 124 valence electrons. The predicted octanol–water partition coefficient (Wildman–Crippen LogP) is 5.65. The first-order valence-corrected chi connectivity index (χ1v) is 9.05. The van der Waals surface area contributed by atoms with E-state index >= 15 is 0 Å². The fourth-order valence-corrected chi connectivity index (χ4v) is 5.60. The van der Waals surface area contributed by atoms with Gasteiger partial charge >= 0.3 is 0 Å². The molecule has 2 aliphatic rings. The monoisotopic (exact) mass is 338 g/mol. The summed E-state index contributed by atoms with van der Waals surface area (Å²) in [6.45, 7) is 18.7. The fraction of sp³-hybridized carbons (Fsp3) is 0.476. The smallest absolute Gasteiger partial charge is 0.240 e. The number of H-pyrrole nitrogens is 1. The summed E-state index contributed by atoms with van der Waals surface area (Å²) in [7, 11) is 0. The van der Waals surface area contributed by atoms with Crippen molar-refractivity contribution in [2.24, 2.45) is 11.3 Å². The molecule has 2 unspecified atom stereocenters. The number of nitrogens with zero attached hydrogens (tertiary/aromatic N) is 1. The highest BCUT2D eigenvalue weighted by atomic mass is 35.5. The van der Waals surface area contributed by atoms with Crippen LogP contribution in [0.1, 0.15) is 44.4 Å². The van der Waals surface area contributed by atoms with E-state index in [0.717, 1.165) is 6.42 Å². The zero-order chi connectivity index (χ0) is 17.3. The van der Waals surface area contributed by atoms with Crippen molar-refractivity contribution in [1.29, 1.82) is 0 Å². The van der Waals surface area contributed by atoms with Gasteiger partial charge in [0.15, 0.2) is 0 Å². The van der Waals surface area contributed by atoms with E-state index in [1.807, 2.05) is 6.08 Å². The Morgan fingerprint density at radius 3 is 2.71 bits per heavy atom. The van der Waals surface area contributed by atoms with E-state index in [-0.39, 0.29) is 28.2 Å². The molecule has 1 heterocycles. The third-order valence-corrected chi connectivity index (χ3v) is 7.42. The molecule has 2 nitrogen and oxygen atoms in total. The van der Waals surface area contributed by atoms with Crippen molar-refractivity contribution in [3.05, 3.63) is 59.6 Å². The second-order valence-corrected chi connectivity index (χ2v) is 8.69. The van der Waals surface area contributed by atoms with Crippen molar-refractivity contribution in [3.63, 3.8) is 0 Å². The molecule has 5 atom stereocenters. The normalized spacial score (nSPS) is 36.8. The second kappa shape index (κ2) is 4.90. The number of aromatic amines is 1. The first-order chi connectivity index (χ1) is 11.4. The molecule has 1 aromatic heterocycles. The molecule has 0 amide bonds. The van der Waals surface area contributed by atoms with Crippen LogP contribution in [-0.4, -0.2) is 16.4 Å². The summed E-state index contributed by atoms with van der Waals surface area (Å²) in [6, 6.07) is 8.29. The minimum Gasteiger partial charge on any atom is -0.358 e. The van der Waals surface area contributed by atoms with Gasteiger partial charge in [-0.05, 0) is 30.9 Å². The van der Waals surface area contributed by atoms with E-state index < -0.39 is 0 Å². The lowest BCUT2D eigenvalue weighted by atomic mass is 9.59. The van der Waals surface area contributed by atoms with Crippen LogP contribution in [-0.2, 0) is 5.41 Å². The van der Waals surface area contributed by atoms with Crippen molar-refractivity contribution in [1.82, 2.24) is 4.98 Å². The molecular formula is C21H23ClN2. The molecule has 24 heavy (non-hydrogen) atoms. The summed E-state index contributed by atoms with van der Waals surface area (Å²) in [5.41, 5.74) is 3.45. The molecule has 1 aromatic carbocycles. The second-order valence-electron chi connectivity index (χ2n) is 8.16. The lowest BCUT2D eigenvalue weighted by molar-refractivity contribution is 0.147. The zero-order valence-electron chi connectivity index (χ0n) is 14.4. The first-order valence-electron chi connectivity index (χ1n) is 8.61. The molecular weight excluding hydrogens is 316 g/mol. The van der Waals surface area contributed by atoms with Gasteiger partial charge in [0.05, 0.1) is 16.7 Å². The Kier molecular flexibility index (Phi) is 3.22. The van der Waals surface area contributed by atoms with Gasteiger partial charge in [0.25, 0.3) is 0 Å². The minimum atomic E-state index is -0.361. The Labute approximate surface area is 148 Å². The zero-order valence-corrected chi connectivity index (χ0v) is 15.2. The van der Waals surface area contributed by atoms with Crippen LogP contribution in [0, 0.1) is 17.9 Å². The van der Waals surface area contributed by atoms with Gasteiger partial charge in [-0.2, -0.15) is 0 Å². The molecule has 0 bridgehead atoms. The Morgan fingerprint density at radius 1 is 1.33 bits per heavy atom. The van der Waals surface area contributed by atoms with Gasteiger partial charge in [0.2, 0.25) is 6.04 Å². The summed E-state index contributed by atoms with van der Waals surface area (Å²) < 4.78 is 0. The Morgan fingerprint density at radius 2 is 2.04 bits per heavy atom. The van der Waals surface area contributed by atoms with E-state index in [1.54, 1.807) is 0 Å². The Hall–Kier alpha value is -1.72. The van der Waals surface area contributed by atoms with Crippen LogP contribution in [0.15, 0.2) is 36.9 Å². The largest absolute Gasteiger partial charge is 0.358 e. The standard InChI is InChI=1S/C21H23ClN2/c1-6-21(4)15(22)11-13-17(19(21)23-5)16-12-9-7-8-10-14(12)24-18(16)20(13,2)3/h6-10,13,15,17,19,24H,1,11H2,2-4H3/t13?,15-,17?,19-,21-/m1/s1. The SMILES string of the molecule is [C-]#[N+][C@@H]1C2c3c([nH]c4ccccc34)C(C)(C)C2C[C@@H](Cl)[C@@]1(C)C=C. The number of benzene rings is 1. The number of fused-ring (bicyclic) bond motifs is 5. The molecule has 1 saturated carbocycles. The van der Waals surface area contributed by atoms with Crippen LogP contribution in [0.4, 0.5) is 0 Å². The molecule has 0 radical (unpaired) electrons. The maximum Gasteiger partial charge on any atom is 0.240 e. The summed E-state index contributed by atoms with van der Waals surface area (Å²) in [4.78, 5) is 7.75. The minimum absolute atomic E-state index is 0.00238. The van der Waals surface area contributed by atoms with E-state index in [9.17, 15) is 0 Å². The van der Waals surface area contributed by atoms with Crippen LogP contribution in [0.5, 0.6) is 0 Å². The topological polar surface area (TPSA) is 20.1 Å². The van der Waals surface area contributed by atoms with Crippen molar-refractivity contribution < 1.29 is 0 Å². The van der Waals surface area contributed by atoms with E-state index in [2.05, 4.69) is 61.4 Å². The van der Waals surface area contributed by atoms with Crippen molar-refractivity contribution >= 4 is 22.5 Å². The summed E-state index contributed by atoms with van der Waals surface area (Å²) in [5, 5.41) is 1.21. The average Bonchev–Trinajstić information content (AvgIpc) is 3.04. The number of halogens is 1. The lowest BCUT2D eigenvalue weighted by Gasteiger charge is -2.45. The molecule has 1 fully saturated rings. The molecule has 0 aliphatic heterocycles. The van der Waals surface area contributed by atoms with Crippen LogP contribution >= 0.6 is 11.6 Å². The highest BCUT2D eigenvalue weighted by molar-refractivity contribution is 6.21. The number of hydrogen-bond acceptors (Lipinski definition) is 0. The van der Waals surface area contributed by atoms with Gasteiger partial charge in [-0.1, -0.05) is 38.1 Å². The maximum absolute atomic E-state index is 7.94. The quantitative estimate of drug-likeness (QED) is 0.394. The van der Waals surface area contributed by atoms with Gasteiger partial charge in [0, 0.05) is 22.0 Å². The van der Waals surface area contributed by atoms with Crippen molar-refractivity contribution in [2.45, 2.75) is 49.9 Å². The van der Waals surface area contributed by atoms with Crippen LogP contribution in [0.3, 0.4) is 0 Å². The van der Waals surface area contributed by atoms with Gasteiger partial charge in [0.1, 0.15) is 0 Å². The predicted molar refractivity (Wildman–Crippen MR) is 101 cm³/mol. The van der Waals surface area contributed by atoms with Crippen molar-refractivity contribution in [2.75, 3.05) is 0 Å². The van der Waals surface area contributed by atoms with Crippen LogP contribution < -0.4 is 0 Å². The van der Waals surface area contributed by atoms with Crippen LogP contribution in [0.25, 0.3) is 15.7 Å². The fourth-order valence-electron chi connectivity index (χ4n) is 5.19. The third kappa shape index (κ3) is 1.72. The van der Waals surface area contributed by atoms with Crippen LogP contribution in [0.2, 0.25) is 0 Å². The van der Waals surface area contributed by atoms with Gasteiger partial charge in [-0.15, -0.1) is 18.2 Å². The lowest BCUT2D eigenvalue weighted by Crippen LogP contribution is -2.49. The molecule has 3 heteroatoms. The number of alkyl halides is 1. The molecule has 0 spiro atoms. The Bertz CT molecular complexity index is 872. The van der Waals surface area contributed by atoms with E-state index in [0.29, 0.717) is 5.92 Å². The summed E-state index contributed by atoms with van der Waals surface area (Å²) in [5.74, 6) is 0.597. The molecule has 4 rings (SSSR count). The number of para-hydroxylation sites is 1. The first kappa shape index (κ1) is 15.8. The highest BCUT2D eigenvalue weighted by Crippen LogP contribution is 2.63. The number of nitrogens with one attached hydrogen (secondary N) is 1. The molecule has 1 N–H and O–H groups in total. The van der Waals surface area contributed by atoms with Gasteiger partial charge < -0.3 is 9.83 Å². The molecule has 2 aromatic rings. The van der Waals surface area contributed by atoms with E-state index in [1.165, 1.54) is 22.2 Å². The van der Waals surface area contributed by atoms with Gasteiger partial charge in [-0.3, -0.25) is 0 Å². The third-order valence-electron chi connectivity index (χ3n) is 6.78. The molecule has 0 saturated heterocycles. The number of aromatic nitrogens is 1. The van der Waals surface area contributed by atoms with E-state index in [4.69, 9.17) is 18.2 Å².